The van der Waals surface area contributed by atoms with Crippen molar-refractivity contribution in [1.29, 1.82) is 0 Å². The Kier molecular flexibility index (Phi) is 6.53. The van der Waals surface area contributed by atoms with Crippen LogP contribution in [-0.2, 0) is 6.54 Å². The van der Waals surface area contributed by atoms with Crippen LogP contribution in [0, 0.1) is 26.7 Å². The summed E-state index contributed by atoms with van der Waals surface area (Å²) in [5.41, 5.74) is 5.67. The summed E-state index contributed by atoms with van der Waals surface area (Å²) in [6.45, 7) is 12.2. The van der Waals surface area contributed by atoms with Gasteiger partial charge in [-0.3, -0.25) is 0 Å². The molecule has 1 aromatic rings. The molecule has 1 atom stereocenters. The average molecular weight is 262 g/mol. The van der Waals surface area contributed by atoms with Gasteiger partial charge in [0.1, 0.15) is 0 Å². The molecule has 0 aliphatic rings. The summed E-state index contributed by atoms with van der Waals surface area (Å²) in [6.07, 6.45) is 1.23. The number of hydrogen-bond donors (Lipinski definition) is 1. The van der Waals surface area contributed by atoms with Gasteiger partial charge in [-0.15, -0.1) is 0 Å². The van der Waals surface area contributed by atoms with Crippen LogP contribution >= 0.6 is 0 Å². The molecule has 1 N–H and O–H groups in total. The van der Waals surface area contributed by atoms with Crippen LogP contribution in [0.5, 0.6) is 0 Å². The zero-order valence-electron chi connectivity index (χ0n) is 13.5. The zero-order chi connectivity index (χ0) is 14.4. The SMILES string of the molecule is CCC(CNC)CN(C)Cc1cc(C)c(C)cc1C. The smallest absolute Gasteiger partial charge is 0.0233 e. The first kappa shape index (κ1) is 16.2. The first-order valence-corrected chi connectivity index (χ1v) is 7.37. The summed E-state index contributed by atoms with van der Waals surface area (Å²) < 4.78 is 0. The van der Waals surface area contributed by atoms with Crippen LogP contribution in [0.3, 0.4) is 0 Å². The second-order valence-corrected chi connectivity index (χ2v) is 5.89. The maximum absolute atomic E-state index is 3.29. The minimum atomic E-state index is 0.738. The van der Waals surface area contributed by atoms with E-state index in [4.69, 9.17) is 0 Å². The Hall–Kier alpha value is -0.860. The molecule has 0 spiro atoms. The fourth-order valence-electron chi connectivity index (χ4n) is 2.61. The van der Waals surface area contributed by atoms with Gasteiger partial charge in [-0.25, -0.2) is 0 Å². The van der Waals surface area contributed by atoms with Crippen LogP contribution in [0.25, 0.3) is 0 Å². The van der Waals surface area contributed by atoms with E-state index in [1.165, 1.54) is 28.7 Å². The van der Waals surface area contributed by atoms with Gasteiger partial charge in [-0.05, 0) is 69.6 Å². The number of benzene rings is 1. The Balaban J connectivity index is 2.66. The Morgan fingerprint density at radius 1 is 1.11 bits per heavy atom. The van der Waals surface area contributed by atoms with Crippen molar-refractivity contribution in [2.24, 2.45) is 5.92 Å². The van der Waals surface area contributed by atoms with Crippen molar-refractivity contribution in [3.8, 4) is 0 Å². The number of rotatable bonds is 7. The van der Waals surface area contributed by atoms with E-state index in [1.54, 1.807) is 0 Å². The van der Waals surface area contributed by atoms with E-state index in [9.17, 15) is 0 Å². The number of nitrogens with one attached hydrogen (secondary N) is 1. The molecule has 0 amide bonds. The van der Waals surface area contributed by atoms with E-state index >= 15 is 0 Å². The quantitative estimate of drug-likeness (QED) is 0.811. The normalized spacial score (nSPS) is 13.0. The lowest BCUT2D eigenvalue weighted by Gasteiger charge is -2.24. The largest absolute Gasteiger partial charge is 0.319 e. The molecule has 0 saturated carbocycles. The van der Waals surface area contributed by atoms with Crippen LogP contribution < -0.4 is 5.32 Å². The van der Waals surface area contributed by atoms with Crippen LogP contribution in [0.15, 0.2) is 12.1 Å². The highest BCUT2D eigenvalue weighted by Gasteiger charge is 2.10. The Morgan fingerprint density at radius 3 is 2.32 bits per heavy atom. The standard InChI is InChI=1S/C17H30N2/c1-7-16(10-18-5)11-19(6)12-17-9-14(3)13(2)8-15(17)4/h8-9,16,18H,7,10-12H2,1-6H3. The predicted octanol–water partition coefficient (Wildman–Crippen LogP) is 3.29. The van der Waals surface area contributed by atoms with Crippen molar-refractivity contribution in [3.05, 3.63) is 34.4 Å². The van der Waals surface area contributed by atoms with E-state index in [0.717, 1.165) is 25.6 Å². The Bertz CT molecular complexity index is 398. The molecule has 0 heterocycles. The lowest BCUT2D eigenvalue weighted by molar-refractivity contribution is 0.261. The number of aryl methyl sites for hydroxylation is 3. The molecule has 0 bridgehead atoms. The highest BCUT2D eigenvalue weighted by molar-refractivity contribution is 5.36. The Morgan fingerprint density at radius 2 is 1.74 bits per heavy atom. The Labute approximate surface area is 119 Å². The summed E-state index contributed by atoms with van der Waals surface area (Å²) >= 11 is 0. The molecule has 108 valence electrons. The van der Waals surface area contributed by atoms with Gasteiger partial charge < -0.3 is 10.2 Å². The fraction of sp³-hybridized carbons (Fsp3) is 0.647. The van der Waals surface area contributed by atoms with E-state index in [0.29, 0.717) is 0 Å². The van der Waals surface area contributed by atoms with Gasteiger partial charge in [0, 0.05) is 13.1 Å². The molecule has 0 saturated heterocycles. The van der Waals surface area contributed by atoms with Crippen molar-refractivity contribution in [2.75, 3.05) is 27.2 Å². The van der Waals surface area contributed by atoms with Crippen LogP contribution in [0.2, 0.25) is 0 Å². The van der Waals surface area contributed by atoms with Gasteiger partial charge in [-0.1, -0.05) is 25.5 Å². The van der Waals surface area contributed by atoms with Crippen molar-refractivity contribution < 1.29 is 0 Å². The third-order valence-corrected chi connectivity index (χ3v) is 4.03. The first-order valence-electron chi connectivity index (χ1n) is 7.37. The molecular weight excluding hydrogens is 232 g/mol. The van der Waals surface area contributed by atoms with Crippen molar-refractivity contribution in [3.63, 3.8) is 0 Å². The van der Waals surface area contributed by atoms with Gasteiger partial charge in [0.15, 0.2) is 0 Å². The summed E-state index contributed by atoms with van der Waals surface area (Å²) in [7, 11) is 4.27. The minimum Gasteiger partial charge on any atom is -0.319 e. The van der Waals surface area contributed by atoms with E-state index < -0.39 is 0 Å². The van der Waals surface area contributed by atoms with Crippen LogP contribution in [0.1, 0.15) is 35.6 Å². The maximum atomic E-state index is 3.29. The molecule has 1 aromatic carbocycles. The van der Waals surface area contributed by atoms with Crippen LogP contribution in [0.4, 0.5) is 0 Å². The van der Waals surface area contributed by atoms with Crippen LogP contribution in [-0.4, -0.2) is 32.1 Å². The molecule has 1 unspecified atom stereocenters. The molecule has 0 aliphatic carbocycles. The lowest BCUT2D eigenvalue weighted by Crippen LogP contribution is -2.31. The molecule has 2 nitrogen and oxygen atoms in total. The predicted molar refractivity (Wildman–Crippen MR) is 84.7 cm³/mol. The summed E-state index contributed by atoms with van der Waals surface area (Å²) in [4.78, 5) is 2.45. The monoisotopic (exact) mass is 262 g/mol. The highest BCUT2D eigenvalue weighted by atomic mass is 15.1. The molecule has 0 fully saturated rings. The topological polar surface area (TPSA) is 15.3 Å². The highest BCUT2D eigenvalue weighted by Crippen LogP contribution is 2.17. The van der Waals surface area contributed by atoms with Gasteiger partial charge in [-0.2, -0.15) is 0 Å². The fourth-order valence-corrected chi connectivity index (χ4v) is 2.61. The van der Waals surface area contributed by atoms with Crippen molar-refractivity contribution in [1.82, 2.24) is 10.2 Å². The zero-order valence-corrected chi connectivity index (χ0v) is 13.5. The first-order chi connectivity index (χ1) is 8.97. The maximum Gasteiger partial charge on any atom is 0.0233 e. The molecular formula is C17H30N2. The second kappa shape index (κ2) is 7.66. The molecule has 19 heavy (non-hydrogen) atoms. The number of nitrogens with zero attached hydrogens (tertiary/aromatic N) is 1. The van der Waals surface area contributed by atoms with Gasteiger partial charge in [0.25, 0.3) is 0 Å². The van der Waals surface area contributed by atoms with Crippen molar-refractivity contribution in [2.45, 2.75) is 40.7 Å². The van der Waals surface area contributed by atoms with Crippen molar-refractivity contribution >= 4 is 0 Å². The average Bonchev–Trinajstić information content (AvgIpc) is 2.35. The van der Waals surface area contributed by atoms with E-state index in [1.807, 2.05) is 7.05 Å². The molecule has 2 heteroatoms. The molecule has 1 rings (SSSR count). The second-order valence-electron chi connectivity index (χ2n) is 5.89. The minimum absolute atomic E-state index is 0.738. The van der Waals surface area contributed by atoms with Gasteiger partial charge >= 0.3 is 0 Å². The summed E-state index contributed by atoms with van der Waals surface area (Å²) in [5.74, 6) is 0.738. The molecule has 0 aliphatic heterocycles. The lowest BCUT2D eigenvalue weighted by atomic mass is 10.00. The number of hydrogen-bond acceptors (Lipinski definition) is 2. The molecule has 0 radical (unpaired) electrons. The summed E-state index contributed by atoms with van der Waals surface area (Å²) in [6, 6.07) is 4.66. The van der Waals surface area contributed by atoms with E-state index in [2.05, 4.69) is 57.1 Å². The van der Waals surface area contributed by atoms with Gasteiger partial charge in [0.05, 0.1) is 0 Å². The third kappa shape index (κ3) is 4.96. The van der Waals surface area contributed by atoms with E-state index in [-0.39, 0.29) is 0 Å². The summed E-state index contributed by atoms with van der Waals surface area (Å²) in [5, 5.41) is 3.29. The van der Waals surface area contributed by atoms with Gasteiger partial charge in [0.2, 0.25) is 0 Å². The molecule has 0 aromatic heterocycles. The third-order valence-electron chi connectivity index (χ3n) is 4.03.